The highest BCUT2D eigenvalue weighted by Crippen LogP contribution is 2.16. The maximum atomic E-state index is 12.9. The van der Waals surface area contributed by atoms with Gasteiger partial charge in [-0.2, -0.15) is 4.79 Å². The van der Waals surface area contributed by atoms with E-state index in [2.05, 4.69) is 4.98 Å². The zero-order chi connectivity index (χ0) is 9.42. The number of rotatable bonds is 1. The average Bonchev–Trinajstić information content (AvgIpc) is 2.48. The Hall–Kier alpha value is -1.91. The molecule has 0 bridgehead atoms. The van der Waals surface area contributed by atoms with Gasteiger partial charge in [-0.3, -0.25) is 4.79 Å². The molecule has 2 N–H and O–H groups in total. The predicted octanol–water partition coefficient (Wildman–Crippen LogP) is 0.868. The Bertz CT molecular complexity index is 477. The van der Waals surface area contributed by atoms with Crippen molar-refractivity contribution in [2.45, 2.75) is 0 Å². The molecular weight excluding hydrogens is 173 g/mol. The molecule has 0 aliphatic rings. The van der Waals surface area contributed by atoms with E-state index in [1.165, 1.54) is 12.1 Å². The number of carbonyl (C=O) groups is 1. The van der Waals surface area contributed by atoms with Crippen LogP contribution in [0.2, 0.25) is 0 Å². The first kappa shape index (κ1) is 7.72. The number of benzene rings is 1. The van der Waals surface area contributed by atoms with E-state index in [1.54, 1.807) is 6.07 Å². The smallest absolute Gasteiger partial charge is 0.250 e. The van der Waals surface area contributed by atoms with Gasteiger partial charge in [0.05, 0.1) is 5.56 Å². The lowest BCUT2D eigenvalue weighted by atomic mass is 10.2. The predicted molar refractivity (Wildman–Crippen MR) is 44.8 cm³/mol. The molecule has 4 nitrogen and oxygen atoms in total. The molecule has 0 aliphatic heterocycles. The minimum atomic E-state index is -0.607. The molecule has 0 fully saturated rings. The minimum Gasteiger partial charge on any atom is -0.366 e. The molecule has 2 aromatic rings. The first-order valence-electron chi connectivity index (χ1n) is 3.62. The molecule has 1 heterocycles. The van der Waals surface area contributed by atoms with Crippen molar-refractivity contribution in [1.29, 1.82) is 0 Å². The van der Waals surface area contributed by atoms with Crippen molar-refractivity contribution in [3.63, 3.8) is 0 Å². The number of imidazole rings is 1. The largest absolute Gasteiger partial charge is 0.366 e. The number of nitrogens with zero attached hydrogens (tertiary/aromatic N) is 2. The second kappa shape index (κ2) is 2.55. The van der Waals surface area contributed by atoms with E-state index in [9.17, 15) is 9.28 Å². The van der Waals surface area contributed by atoms with Crippen LogP contribution in [0.5, 0.6) is 0 Å². The Morgan fingerprint density at radius 3 is 3.00 bits per heavy atom. The van der Waals surface area contributed by atoms with Crippen LogP contribution >= 0.6 is 0 Å². The van der Waals surface area contributed by atoms with Gasteiger partial charge in [-0.05, 0) is 12.1 Å². The van der Waals surface area contributed by atoms with Gasteiger partial charge in [0.2, 0.25) is 0 Å². The second-order valence-corrected chi connectivity index (χ2v) is 2.59. The van der Waals surface area contributed by atoms with Crippen molar-refractivity contribution in [1.82, 2.24) is 9.77 Å². The Balaban J connectivity index is 2.84. The van der Waals surface area contributed by atoms with Crippen LogP contribution in [0.3, 0.4) is 0 Å². The second-order valence-electron chi connectivity index (χ2n) is 2.59. The lowest BCUT2D eigenvalue weighted by molar-refractivity contribution is 0.100. The summed E-state index contributed by atoms with van der Waals surface area (Å²) in [6.45, 7) is 0. The van der Waals surface area contributed by atoms with Crippen molar-refractivity contribution in [3.05, 3.63) is 30.1 Å². The first-order valence-corrected chi connectivity index (χ1v) is 3.62. The van der Waals surface area contributed by atoms with Crippen LogP contribution in [0, 0.1) is 0 Å². The van der Waals surface area contributed by atoms with Crippen LogP contribution < -0.4 is 5.73 Å². The number of hydrogen-bond donors (Lipinski definition) is 1. The van der Waals surface area contributed by atoms with Crippen LogP contribution in [0.15, 0.2) is 24.5 Å². The number of aromatic nitrogens is 2. The van der Waals surface area contributed by atoms with Gasteiger partial charge in [0.1, 0.15) is 17.4 Å². The summed E-state index contributed by atoms with van der Waals surface area (Å²) in [7, 11) is 0. The fraction of sp³-hybridized carbons (Fsp3) is 0. The van der Waals surface area contributed by atoms with E-state index in [0.29, 0.717) is 4.79 Å². The lowest BCUT2D eigenvalue weighted by Gasteiger charge is -1.95. The lowest BCUT2D eigenvalue weighted by Crippen LogP contribution is -2.11. The molecule has 0 spiro atoms. The summed E-state index contributed by atoms with van der Waals surface area (Å²) in [5.41, 5.74) is 5.84. The Morgan fingerprint density at radius 1 is 1.54 bits per heavy atom. The molecule has 1 aromatic heterocycles. The van der Waals surface area contributed by atoms with Gasteiger partial charge in [-0.25, -0.2) is 4.98 Å². The zero-order valence-electron chi connectivity index (χ0n) is 6.57. The molecule has 0 aliphatic carbocycles. The molecular formula is C8H6FN3O. The summed E-state index contributed by atoms with van der Waals surface area (Å²) >= 11 is 0. The fourth-order valence-electron chi connectivity index (χ4n) is 1.21. The van der Waals surface area contributed by atoms with E-state index >= 15 is 0 Å². The molecule has 1 amide bonds. The van der Waals surface area contributed by atoms with E-state index in [1.807, 2.05) is 0 Å². The normalized spacial score (nSPS) is 10.5. The zero-order valence-corrected chi connectivity index (χ0v) is 6.57. The van der Waals surface area contributed by atoms with Gasteiger partial charge in [-0.15, -0.1) is 0 Å². The third-order valence-corrected chi connectivity index (χ3v) is 1.80. The van der Waals surface area contributed by atoms with Crippen LogP contribution in [-0.4, -0.2) is 15.7 Å². The van der Waals surface area contributed by atoms with E-state index < -0.39 is 5.91 Å². The van der Waals surface area contributed by atoms with Crippen LogP contribution in [0.4, 0.5) is 4.48 Å². The van der Waals surface area contributed by atoms with Crippen molar-refractivity contribution in [2.75, 3.05) is 0 Å². The number of halogens is 1. The molecule has 0 saturated carbocycles. The number of fused-ring (bicyclic) bond motifs is 1. The standard InChI is InChI=1S/C8H6FN3O/c9-12-4-11-7-5(8(10)13)2-1-3-6(7)12/h1-4H,(H2,10,13). The van der Waals surface area contributed by atoms with Gasteiger partial charge < -0.3 is 5.73 Å². The van der Waals surface area contributed by atoms with Crippen LogP contribution in [-0.2, 0) is 0 Å². The van der Waals surface area contributed by atoms with Crippen molar-refractivity contribution < 1.29 is 9.28 Å². The third kappa shape index (κ3) is 1.05. The quantitative estimate of drug-likeness (QED) is 0.705. The Kier molecular flexibility index (Phi) is 1.51. The molecule has 66 valence electrons. The van der Waals surface area contributed by atoms with Gasteiger partial charge in [0, 0.05) is 0 Å². The third-order valence-electron chi connectivity index (χ3n) is 1.80. The highest BCUT2D eigenvalue weighted by atomic mass is 19.2. The molecule has 13 heavy (non-hydrogen) atoms. The van der Waals surface area contributed by atoms with Crippen LogP contribution in [0.25, 0.3) is 11.0 Å². The summed E-state index contributed by atoms with van der Waals surface area (Å²) < 4.78 is 12.9. The monoisotopic (exact) mass is 179 g/mol. The molecule has 2 rings (SSSR count). The number of amides is 1. The number of para-hydroxylation sites is 1. The average molecular weight is 179 g/mol. The topological polar surface area (TPSA) is 60.9 Å². The SMILES string of the molecule is NC(=O)c1cccc2c1ncn2F. The van der Waals surface area contributed by atoms with Gasteiger partial charge in [0.25, 0.3) is 5.91 Å². The van der Waals surface area contributed by atoms with Crippen molar-refractivity contribution in [3.8, 4) is 0 Å². The molecule has 0 saturated heterocycles. The van der Waals surface area contributed by atoms with E-state index in [-0.39, 0.29) is 16.6 Å². The Labute approximate surface area is 72.7 Å². The maximum Gasteiger partial charge on any atom is 0.250 e. The van der Waals surface area contributed by atoms with Crippen molar-refractivity contribution >= 4 is 16.9 Å². The van der Waals surface area contributed by atoms with E-state index in [4.69, 9.17) is 5.73 Å². The highest BCUT2D eigenvalue weighted by molar-refractivity contribution is 6.03. The van der Waals surface area contributed by atoms with Crippen LogP contribution in [0.1, 0.15) is 10.4 Å². The summed E-state index contributed by atoms with van der Waals surface area (Å²) in [6.07, 6.45) is 0.997. The van der Waals surface area contributed by atoms with Crippen molar-refractivity contribution in [2.24, 2.45) is 5.73 Å². The first-order chi connectivity index (χ1) is 6.20. The summed E-state index contributed by atoms with van der Waals surface area (Å²) in [6, 6.07) is 4.59. The Morgan fingerprint density at radius 2 is 2.31 bits per heavy atom. The number of nitrogens with two attached hydrogens (primary N) is 1. The summed E-state index contributed by atoms with van der Waals surface area (Å²) in [5.74, 6) is -0.607. The summed E-state index contributed by atoms with van der Waals surface area (Å²) in [4.78, 5) is 15.0. The number of carbonyl (C=O) groups excluding carboxylic acids is 1. The van der Waals surface area contributed by atoms with Gasteiger partial charge >= 0.3 is 0 Å². The van der Waals surface area contributed by atoms with Gasteiger partial charge in [-0.1, -0.05) is 10.5 Å². The molecule has 1 aromatic carbocycles. The number of hydrogen-bond acceptors (Lipinski definition) is 2. The molecule has 0 unspecified atom stereocenters. The maximum absolute atomic E-state index is 12.9. The minimum absolute atomic E-state index is 0.230. The van der Waals surface area contributed by atoms with Gasteiger partial charge in [0.15, 0.2) is 0 Å². The fourth-order valence-corrected chi connectivity index (χ4v) is 1.21. The molecule has 5 heteroatoms. The summed E-state index contributed by atoms with van der Waals surface area (Å²) in [5, 5.41) is 0. The highest BCUT2D eigenvalue weighted by Gasteiger charge is 2.10. The van der Waals surface area contributed by atoms with E-state index in [0.717, 1.165) is 6.33 Å². The number of primary amides is 1. The molecule has 0 radical (unpaired) electrons. The molecule has 0 atom stereocenters.